The van der Waals surface area contributed by atoms with E-state index in [2.05, 4.69) is 58.3 Å². The van der Waals surface area contributed by atoms with E-state index in [0.717, 1.165) is 0 Å². The van der Waals surface area contributed by atoms with Gasteiger partial charge in [-0.1, -0.05) is 77.6 Å². The molecule has 0 amide bonds. The van der Waals surface area contributed by atoms with Crippen LogP contribution in [0.4, 0.5) is 0 Å². The minimum absolute atomic E-state index is 0.996. The largest absolute Gasteiger partial charge is 0.129 e. The molecule has 0 spiro atoms. The normalized spacial score (nSPS) is 13.0. The zero-order valence-electron chi connectivity index (χ0n) is 12.8. The number of rotatable bonds is 11. The number of halogens is 2. The molecule has 18 heavy (non-hydrogen) atoms. The van der Waals surface area contributed by atoms with Gasteiger partial charge >= 0.3 is 0 Å². The van der Waals surface area contributed by atoms with Crippen LogP contribution in [0.25, 0.3) is 0 Å². The van der Waals surface area contributed by atoms with Gasteiger partial charge in [0.05, 0.1) is 0 Å². The monoisotopic (exact) mass is 414 g/mol. The quantitative estimate of drug-likeness (QED) is 0.188. The van der Waals surface area contributed by atoms with Crippen LogP contribution in [0.2, 0.25) is 36.3 Å². The van der Waals surface area contributed by atoms with Crippen molar-refractivity contribution in [1.29, 1.82) is 0 Å². The Hall–Kier alpha value is 1.39. The van der Waals surface area contributed by atoms with E-state index in [-0.39, 0.29) is 0 Å². The van der Waals surface area contributed by atoms with Crippen LogP contribution in [0.15, 0.2) is 0 Å². The van der Waals surface area contributed by atoms with Crippen molar-refractivity contribution in [3.63, 3.8) is 0 Å². The van der Waals surface area contributed by atoms with E-state index in [1.165, 1.54) is 61.9 Å². The minimum atomic E-state index is -0.996. The third kappa shape index (κ3) is 7.86. The number of unbranched alkanes of at least 4 members (excludes halogenated alkanes) is 3. The number of hydrogen-bond donors (Lipinski definition) is 0. The Labute approximate surface area is 133 Å². The van der Waals surface area contributed by atoms with E-state index >= 15 is 0 Å². The van der Waals surface area contributed by atoms with E-state index < -0.39 is 13.4 Å². The highest BCUT2D eigenvalue weighted by molar-refractivity contribution is 9.26. The molecule has 0 heterocycles. The van der Waals surface area contributed by atoms with Crippen LogP contribution in [0.3, 0.4) is 0 Å². The van der Waals surface area contributed by atoms with Gasteiger partial charge in [0, 0.05) is 0 Å². The van der Waals surface area contributed by atoms with Gasteiger partial charge in [0.25, 0.3) is 0 Å². The molecule has 0 atom stereocenters. The standard InChI is InChI=1S/C14H32Br2Si2/c1-5-17(15,6-2)13-11-9-10-12-14-18(16,7-3)8-4/h5-14H2,1-4H3. The van der Waals surface area contributed by atoms with Crippen molar-refractivity contribution in [3.8, 4) is 0 Å². The van der Waals surface area contributed by atoms with Crippen molar-refractivity contribution < 1.29 is 0 Å². The fourth-order valence-electron chi connectivity index (χ4n) is 2.44. The summed E-state index contributed by atoms with van der Waals surface area (Å²) in [6.45, 7) is 7.44. The molecule has 0 saturated carbocycles. The average molecular weight is 416 g/mol. The summed E-state index contributed by atoms with van der Waals surface area (Å²) in [7, 11) is 0. The highest BCUT2D eigenvalue weighted by Crippen LogP contribution is 2.31. The summed E-state index contributed by atoms with van der Waals surface area (Å²) in [5.74, 6) is 0. The second kappa shape index (κ2) is 10.2. The van der Waals surface area contributed by atoms with Crippen molar-refractivity contribution in [1.82, 2.24) is 0 Å². The lowest BCUT2D eigenvalue weighted by Gasteiger charge is -2.22. The Kier molecular flexibility index (Phi) is 11.0. The van der Waals surface area contributed by atoms with Gasteiger partial charge in [0.2, 0.25) is 0 Å². The third-order valence-corrected chi connectivity index (χ3v) is 21.2. The molecule has 0 aromatic rings. The summed E-state index contributed by atoms with van der Waals surface area (Å²) in [6, 6.07) is 8.55. The molecule has 0 unspecified atom stereocenters. The van der Waals surface area contributed by atoms with Crippen LogP contribution in [0.5, 0.6) is 0 Å². The highest BCUT2D eigenvalue weighted by Gasteiger charge is 2.25. The van der Waals surface area contributed by atoms with Gasteiger partial charge in [-0.2, -0.15) is 0 Å². The molecule has 0 aliphatic rings. The Morgan fingerprint density at radius 2 is 0.833 bits per heavy atom. The molecular weight excluding hydrogens is 384 g/mol. The van der Waals surface area contributed by atoms with E-state index in [1.54, 1.807) is 0 Å². The molecule has 0 bridgehead atoms. The van der Waals surface area contributed by atoms with Gasteiger partial charge in [-0.05, 0) is 12.1 Å². The molecule has 0 aromatic heterocycles. The number of hydrogen-bond acceptors (Lipinski definition) is 0. The molecule has 0 aromatic carbocycles. The summed E-state index contributed by atoms with van der Waals surface area (Å²) in [6.07, 6.45) is 5.80. The Balaban J connectivity index is 3.63. The highest BCUT2D eigenvalue weighted by atomic mass is 79.9. The molecule has 0 rings (SSSR count). The van der Waals surface area contributed by atoms with Crippen molar-refractivity contribution >= 4 is 44.0 Å². The summed E-state index contributed by atoms with van der Waals surface area (Å²) in [5, 5.41) is 0. The van der Waals surface area contributed by atoms with Gasteiger partial charge in [-0.3, -0.25) is 0 Å². The average Bonchev–Trinajstić information content (AvgIpc) is 2.42. The lowest BCUT2D eigenvalue weighted by molar-refractivity contribution is 0.692. The maximum absolute atomic E-state index is 4.04. The van der Waals surface area contributed by atoms with Gasteiger partial charge in [-0.15, -0.1) is 30.6 Å². The smallest absolute Gasteiger partial charge is 0.126 e. The van der Waals surface area contributed by atoms with Crippen LogP contribution in [0.1, 0.15) is 53.4 Å². The van der Waals surface area contributed by atoms with Crippen LogP contribution in [-0.2, 0) is 0 Å². The molecule has 0 saturated heterocycles. The molecule has 0 radical (unpaired) electrons. The zero-order chi connectivity index (χ0) is 14.1. The van der Waals surface area contributed by atoms with E-state index in [9.17, 15) is 0 Å². The lowest BCUT2D eigenvalue weighted by atomic mass is 10.2. The first-order valence-corrected chi connectivity index (χ1v) is 17.6. The third-order valence-electron chi connectivity index (χ3n) is 4.53. The lowest BCUT2D eigenvalue weighted by Crippen LogP contribution is -2.23. The van der Waals surface area contributed by atoms with Crippen molar-refractivity contribution in [2.75, 3.05) is 0 Å². The first kappa shape index (κ1) is 19.4. The summed E-state index contributed by atoms with van der Waals surface area (Å²) >= 11 is 8.09. The predicted molar refractivity (Wildman–Crippen MR) is 99.4 cm³/mol. The van der Waals surface area contributed by atoms with Crippen molar-refractivity contribution in [2.24, 2.45) is 0 Å². The maximum Gasteiger partial charge on any atom is 0.129 e. The van der Waals surface area contributed by atoms with Crippen LogP contribution in [-0.4, -0.2) is 13.4 Å². The predicted octanol–water partition coefficient (Wildman–Crippen LogP) is 7.31. The first-order chi connectivity index (χ1) is 8.45. The van der Waals surface area contributed by atoms with Gasteiger partial charge < -0.3 is 0 Å². The van der Waals surface area contributed by atoms with E-state index in [0.29, 0.717) is 0 Å². The van der Waals surface area contributed by atoms with Gasteiger partial charge in [-0.25, -0.2) is 0 Å². The summed E-state index contributed by atoms with van der Waals surface area (Å²) in [5.41, 5.74) is 0. The molecule has 4 heteroatoms. The Morgan fingerprint density at radius 1 is 0.556 bits per heavy atom. The Bertz CT molecular complexity index is 180. The van der Waals surface area contributed by atoms with Gasteiger partial charge in [0.15, 0.2) is 0 Å². The summed E-state index contributed by atoms with van der Waals surface area (Å²) < 4.78 is 0. The maximum atomic E-state index is 4.04. The second-order valence-electron chi connectivity index (χ2n) is 5.63. The van der Waals surface area contributed by atoms with Crippen molar-refractivity contribution in [2.45, 2.75) is 89.6 Å². The van der Waals surface area contributed by atoms with Crippen LogP contribution >= 0.6 is 30.6 Å². The van der Waals surface area contributed by atoms with Crippen LogP contribution < -0.4 is 0 Å². The molecule has 0 aliphatic heterocycles. The second-order valence-corrected chi connectivity index (χ2v) is 24.2. The minimum Gasteiger partial charge on any atom is -0.126 e. The van der Waals surface area contributed by atoms with E-state index in [1.807, 2.05) is 0 Å². The molecular formula is C14H32Br2Si2. The van der Waals surface area contributed by atoms with Crippen LogP contribution in [0, 0.1) is 0 Å². The molecule has 0 aliphatic carbocycles. The molecule has 0 N–H and O–H groups in total. The van der Waals surface area contributed by atoms with Crippen molar-refractivity contribution in [3.05, 3.63) is 0 Å². The van der Waals surface area contributed by atoms with E-state index in [4.69, 9.17) is 0 Å². The van der Waals surface area contributed by atoms with Gasteiger partial charge in [0.1, 0.15) is 13.4 Å². The fraction of sp³-hybridized carbons (Fsp3) is 1.00. The fourth-order valence-corrected chi connectivity index (χ4v) is 8.31. The molecule has 0 nitrogen and oxygen atoms in total. The Morgan fingerprint density at radius 3 is 1.06 bits per heavy atom. The molecule has 0 fully saturated rings. The molecule has 110 valence electrons. The first-order valence-electron chi connectivity index (χ1n) is 7.83. The topological polar surface area (TPSA) is 0 Å². The zero-order valence-corrected chi connectivity index (χ0v) is 18.0. The SMILES string of the molecule is CC[Si](Br)(CC)CCCCCC[Si](Br)(CC)CC. The summed E-state index contributed by atoms with van der Waals surface area (Å²) in [4.78, 5) is 0.